The molecule has 4 rings (SSSR count). The second kappa shape index (κ2) is 5.24. The van der Waals surface area contributed by atoms with Crippen molar-refractivity contribution in [1.82, 2.24) is 29.4 Å². The van der Waals surface area contributed by atoms with Gasteiger partial charge in [-0.1, -0.05) is 11.6 Å². The largest absolute Gasteiger partial charge is 0.453 e. The van der Waals surface area contributed by atoms with Gasteiger partial charge in [0.1, 0.15) is 5.52 Å². The van der Waals surface area contributed by atoms with E-state index in [4.69, 9.17) is 11.6 Å². The molecule has 126 valence electrons. The number of rotatable bonds is 1. The highest BCUT2D eigenvalue weighted by Gasteiger charge is 2.36. The Morgan fingerprint density at radius 1 is 1.04 bits per heavy atom. The Balaban J connectivity index is 1.97. The summed E-state index contributed by atoms with van der Waals surface area (Å²) in [5, 5.41) is 11.1. The number of hydrogen-bond donors (Lipinski definition) is 0. The van der Waals surface area contributed by atoms with Gasteiger partial charge in [-0.05, 0) is 30.3 Å². The molecule has 3 heterocycles. The third-order valence-electron chi connectivity index (χ3n) is 3.46. The molecule has 0 N–H and O–H groups in total. The number of halogens is 4. The number of nitrogens with zero attached hydrogens (tertiary/aromatic N) is 6. The van der Waals surface area contributed by atoms with E-state index in [1.165, 1.54) is 16.8 Å². The third-order valence-corrected chi connectivity index (χ3v) is 3.71. The molecule has 4 aromatic rings. The second-order valence-electron chi connectivity index (χ2n) is 5.05. The monoisotopic (exact) mass is 366 g/mol. The van der Waals surface area contributed by atoms with Crippen LogP contribution in [0.4, 0.5) is 13.2 Å². The lowest BCUT2D eigenvalue weighted by Gasteiger charge is -2.07. The van der Waals surface area contributed by atoms with Crippen molar-refractivity contribution in [2.45, 2.75) is 6.18 Å². The molecule has 7 nitrogen and oxygen atoms in total. The summed E-state index contributed by atoms with van der Waals surface area (Å²) in [6, 6.07) is 7.88. The summed E-state index contributed by atoms with van der Waals surface area (Å²) in [4.78, 5) is 15.9. The van der Waals surface area contributed by atoms with Crippen molar-refractivity contribution in [3.05, 3.63) is 57.7 Å². The molecule has 0 fully saturated rings. The fraction of sp³-hybridized carbons (Fsp3) is 0.0714. The minimum Gasteiger partial charge on any atom is -0.282 e. The molecule has 0 spiro atoms. The molecule has 0 unspecified atom stereocenters. The van der Waals surface area contributed by atoms with Gasteiger partial charge in [0.2, 0.25) is 0 Å². The van der Waals surface area contributed by atoms with Crippen molar-refractivity contribution in [2.24, 2.45) is 0 Å². The maximum atomic E-state index is 12.8. The molecular formula is C14H6ClF3N6O. The number of benzene rings is 1. The van der Waals surface area contributed by atoms with Gasteiger partial charge < -0.3 is 0 Å². The first-order valence-corrected chi connectivity index (χ1v) is 7.20. The summed E-state index contributed by atoms with van der Waals surface area (Å²) in [5.41, 5.74) is -0.0992. The Morgan fingerprint density at radius 3 is 2.44 bits per heavy atom. The predicted molar refractivity (Wildman–Crippen MR) is 81.7 cm³/mol. The molecular weight excluding hydrogens is 361 g/mol. The minimum atomic E-state index is -4.72. The zero-order chi connectivity index (χ0) is 17.8. The van der Waals surface area contributed by atoms with Crippen LogP contribution in [0.25, 0.3) is 22.5 Å². The van der Waals surface area contributed by atoms with E-state index < -0.39 is 17.6 Å². The standard InChI is InChI=1S/C14H6ClF3N6O/c15-7-1-3-8(4-2-7)23-6-5-9-10(11(23)25)20-21-13-19-12(14(16,17)18)22-24(9)13/h1-6H. The highest BCUT2D eigenvalue weighted by Crippen LogP contribution is 2.26. The maximum absolute atomic E-state index is 12.8. The minimum absolute atomic E-state index is 0.0724. The van der Waals surface area contributed by atoms with Crippen LogP contribution in [0.3, 0.4) is 0 Å². The smallest absolute Gasteiger partial charge is 0.282 e. The van der Waals surface area contributed by atoms with Crippen LogP contribution >= 0.6 is 11.6 Å². The normalized spacial score (nSPS) is 12.2. The molecule has 0 saturated carbocycles. The highest BCUT2D eigenvalue weighted by molar-refractivity contribution is 6.30. The zero-order valence-corrected chi connectivity index (χ0v) is 12.8. The number of fused-ring (bicyclic) bond motifs is 3. The lowest BCUT2D eigenvalue weighted by Crippen LogP contribution is -2.20. The highest BCUT2D eigenvalue weighted by atomic mass is 35.5. The molecule has 11 heteroatoms. The van der Waals surface area contributed by atoms with Gasteiger partial charge in [0.25, 0.3) is 17.2 Å². The molecule has 0 atom stereocenters. The molecule has 0 saturated heterocycles. The molecule has 25 heavy (non-hydrogen) atoms. The van der Waals surface area contributed by atoms with E-state index in [1.807, 2.05) is 0 Å². The van der Waals surface area contributed by atoms with E-state index >= 15 is 0 Å². The van der Waals surface area contributed by atoms with Crippen LogP contribution in [0, 0.1) is 0 Å². The number of pyridine rings is 1. The van der Waals surface area contributed by atoms with Gasteiger partial charge in [0.15, 0.2) is 5.52 Å². The van der Waals surface area contributed by atoms with Crippen LogP contribution in [0.15, 0.2) is 41.3 Å². The van der Waals surface area contributed by atoms with Crippen molar-refractivity contribution in [2.75, 3.05) is 0 Å². The van der Waals surface area contributed by atoms with Crippen LogP contribution in [0.1, 0.15) is 5.82 Å². The first-order valence-electron chi connectivity index (χ1n) is 6.82. The van der Waals surface area contributed by atoms with Crippen LogP contribution in [0.5, 0.6) is 0 Å². The second-order valence-corrected chi connectivity index (χ2v) is 5.48. The van der Waals surface area contributed by atoms with Gasteiger partial charge in [0.05, 0.1) is 0 Å². The van der Waals surface area contributed by atoms with E-state index in [0.717, 1.165) is 4.52 Å². The van der Waals surface area contributed by atoms with Crippen molar-refractivity contribution in [3.8, 4) is 5.69 Å². The Kier molecular flexibility index (Phi) is 3.25. The molecule has 0 aliphatic rings. The molecule has 0 aliphatic carbocycles. The fourth-order valence-corrected chi connectivity index (χ4v) is 2.46. The first-order chi connectivity index (χ1) is 11.8. The van der Waals surface area contributed by atoms with Gasteiger partial charge >= 0.3 is 6.18 Å². The van der Waals surface area contributed by atoms with Crippen LogP contribution < -0.4 is 5.56 Å². The summed E-state index contributed by atoms with van der Waals surface area (Å²) in [7, 11) is 0. The van der Waals surface area contributed by atoms with E-state index in [9.17, 15) is 18.0 Å². The Morgan fingerprint density at radius 2 is 1.76 bits per heavy atom. The van der Waals surface area contributed by atoms with E-state index in [1.54, 1.807) is 24.3 Å². The molecule has 3 aromatic heterocycles. The molecule has 0 bridgehead atoms. The van der Waals surface area contributed by atoms with E-state index in [2.05, 4.69) is 20.3 Å². The van der Waals surface area contributed by atoms with Gasteiger partial charge in [-0.2, -0.15) is 22.7 Å². The van der Waals surface area contributed by atoms with E-state index in [0.29, 0.717) is 10.7 Å². The molecule has 0 radical (unpaired) electrons. The van der Waals surface area contributed by atoms with Crippen molar-refractivity contribution in [1.29, 1.82) is 0 Å². The Hall–Kier alpha value is -3.01. The summed E-state index contributed by atoms with van der Waals surface area (Å²) in [6.07, 6.45) is -3.32. The number of aromatic nitrogens is 6. The fourth-order valence-electron chi connectivity index (χ4n) is 2.33. The number of hydrogen-bond acceptors (Lipinski definition) is 5. The molecule has 0 amide bonds. The summed E-state index contributed by atoms with van der Waals surface area (Å²) < 4.78 is 40.4. The average Bonchev–Trinajstić information content (AvgIpc) is 3.01. The topological polar surface area (TPSA) is 78.0 Å². The first kappa shape index (κ1) is 15.5. The Labute approximate surface area is 141 Å². The molecule has 1 aromatic carbocycles. The summed E-state index contributed by atoms with van der Waals surface area (Å²) in [5.74, 6) is -1.69. The van der Waals surface area contributed by atoms with E-state index in [-0.39, 0.29) is 16.8 Å². The van der Waals surface area contributed by atoms with Gasteiger partial charge in [-0.15, -0.1) is 15.3 Å². The third kappa shape index (κ3) is 2.50. The van der Waals surface area contributed by atoms with Crippen molar-refractivity contribution in [3.63, 3.8) is 0 Å². The number of alkyl halides is 3. The van der Waals surface area contributed by atoms with Gasteiger partial charge in [-0.25, -0.2) is 0 Å². The lowest BCUT2D eigenvalue weighted by molar-refractivity contribution is -0.144. The van der Waals surface area contributed by atoms with Crippen LogP contribution in [-0.4, -0.2) is 29.4 Å². The summed E-state index contributed by atoms with van der Waals surface area (Å²) >= 11 is 5.82. The van der Waals surface area contributed by atoms with Crippen LogP contribution in [0.2, 0.25) is 5.02 Å². The average molecular weight is 367 g/mol. The SMILES string of the molecule is O=c1c2nnc3nc(C(F)(F)F)nn3c2ccn1-c1ccc(Cl)cc1. The van der Waals surface area contributed by atoms with Crippen molar-refractivity contribution >= 4 is 28.4 Å². The lowest BCUT2D eigenvalue weighted by atomic mass is 10.3. The predicted octanol–water partition coefficient (Wildman–Crippen LogP) is 2.50. The van der Waals surface area contributed by atoms with Gasteiger partial charge in [-0.3, -0.25) is 9.36 Å². The van der Waals surface area contributed by atoms with Crippen LogP contribution in [-0.2, 0) is 6.18 Å². The van der Waals surface area contributed by atoms with Crippen molar-refractivity contribution < 1.29 is 13.2 Å². The quantitative estimate of drug-likeness (QED) is 0.517. The Bertz CT molecular complexity index is 1170. The summed E-state index contributed by atoms with van der Waals surface area (Å²) in [6.45, 7) is 0. The molecule has 0 aliphatic heterocycles. The van der Waals surface area contributed by atoms with Gasteiger partial charge in [0, 0.05) is 16.9 Å². The maximum Gasteiger partial charge on any atom is 0.453 e. The zero-order valence-electron chi connectivity index (χ0n) is 12.1.